The molecule has 0 amide bonds. The van der Waals surface area contributed by atoms with E-state index in [1.807, 2.05) is 18.2 Å². The maximum atomic E-state index is 11.4. The van der Waals surface area contributed by atoms with Crippen LogP contribution >= 0.6 is 0 Å². The van der Waals surface area contributed by atoms with Crippen molar-refractivity contribution in [2.75, 3.05) is 36.8 Å². The first-order valence-electron chi connectivity index (χ1n) is 7.04. The second-order valence-electron chi connectivity index (χ2n) is 5.58. The number of nitrogen functional groups attached to an aromatic ring is 1. The van der Waals surface area contributed by atoms with Crippen molar-refractivity contribution < 1.29 is 4.79 Å². The van der Waals surface area contributed by atoms with Crippen molar-refractivity contribution in [3.05, 3.63) is 23.8 Å². The third-order valence-electron chi connectivity index (χ3n) is 4.16. The summed E-state index contributed by atoms with van der Waals surface area (Å²) in [6.45, 7) is 5.93. The lowest BCUT2D eigenvalue weighted by atomic mass is 10.1. The number of anilines is 2. The van der Waals surface area contributed by atoms with Crippen molar-refractivity contribution in [2.24, 2.45) is 0 Å². The highest BCUT2D eigenvalue weighted by molar-refractivity contribution is 5.99. The number of piperazine rings is 1. The van der Waals surface area contributed by atoms with Crippen LogP contribution in [0.25, 0.3) is 0 Å². The molecule has 0 radical (unpaired) electrons. The van der Waals surface area contributed by atoms with Crippen LogP contribution in [0, 0.1) is 0 Å². The van der Waals surface area contributed by atoms with Crippen molar-refractivity contribution in [2.45, 2.75) is 25.8 Å². The summed E-state index contributed by atoms with van der Waals surface area (Å²) in [5.74, 6) is 0.0302. The number of Topliss-reactive ketones (excluding diaryl/α,β-unsaturated/α-hetero) is 1. The van der Waals surface area contributed by atoms with Crippen LogP contribution in [0.1, 0.15) is 30.1 Å². The fourth-order valence-corrected chi connectivity index (χ4v) is 2.85. The summed E-state index contributed by atoms with van der Waals surface area (Å²) in [7, 11) is 0. The minimum atomic E-state index is 0.0302. The fourth-order valence-electron chi connectivity index (χ4n) is 2.85. The lowest BCUT2D eigenvalue weighted by Gasteiger charge is -2.36. The molecule has 2 fully saturated rings. The van der Waals surface area contributed by atoms with E-state index >= 15 is 0 Å². The van der Waals surface area contributed by atoms with Crippen LogP contribution in [0.3, 0.4) is 0 Å². The molecule has 0 spiro atoms. The van der Waals surface area contributed by atoms with E-state index in [9.17, 15) is 4.79 Å². The molecule has 19 heavy (non-hydrogen) atoms. The first kappa shape index (κ1) is 12.5. The van der Waals surface area contributed by atoms with E-state index < -0.39 is 0 Å². The van der Waals surface area contributed by atoms with Crippen LogP contribution in [0.5, 0.6) is 0 Å². The van der Waals surface area contributed by atoms with E-state index in [1.54, 1.807) is 6.92 Å². The number of rotatable bonds is 3. The smallest absolute Gasteiger partial charge is 0.161 e. The molecule has 102 valence electrons. The van der Waals surface area contributed by atoms with Crippen molar-refractivity contribution in [1.29, 1.82) is 0 Å². The van der Waals surface area contributed by atoms with Crippen molar-refractivity contribution in [3.8, 4) is 0 Å². The van der Waals surface area contributed by atoms with Crippen LogP contribution in [0.4, 0.5) is 11.4 Å². The van der Waals surface area contributed by atoms with E-state index in [1.165, 1.54) is 12.8 Å². The highest BCUT2D eigenvalue weighted by Gasteiger charge is 2.31. The second kappa shape index (κ2) is 4.85. The molecule has 2 aliphatic rings. The SMILES string of the molecule is CC(=O)c1ccc(N2CCN(C3CC3)CC2)cc1N. The Bertz CT molecular complexity index is 488. The lowest BCUT2D eigenvalue weighted by Crippen LogP contribution is -2.47. The zero-order valence-corrected chi connectivity index (χ0v) is 11.4. The molecule has 1 saturated carbocycles. The summed E-state index contributed by atoms with van der Waals surface area (Å²) in [6.07, 6.45) is 2.75. The average molecular weight is 259 g/mol. The number of nitrogens with two attached hydrogens (primary N) is 1. The number of carbonyl (C=O) groups is 1. The summed E-state index contributed by atoms with van der Waals surface area (Å²) in [4.78, 5) is 16.3. The van der Waals surface area contributed by atoms with Gasteiger partial charge in [-0.25, -0.2) is 0 Å². The molecule has 4 heteroatoms. The fraction of sp³-hybridized carbons (Fsp3) is 0.533. The molecule has 3 rings (SSSR count). The summed E-state index contributed by atoms with van der Waals surface area (Å²) in [5.41, 5.74) is 8.31. The van der Waals surface area contributed by atoms with Gasteiger partial charge in [-0.05, 0) is 38.0 Å². The number of hydrogen-bond acceptors (Lipinski definition) is 4. The zero-order valence-electron chi connectivity index (χ0n) is 11.4. The van der Waals surface area contributed by atoms with Gasteiger partial charge in [0.15, 0.2) is 5.78 Å². The monoisotopic (exact) mass is 259 g/mol. The van der Waals surface area contributed by atoms with Crippen molar-refractivity contribution >= 4 is 17.2 Å². The molecule has 0 aromatic heterocycles. The first-order chi connectivity index (χ1) is 9.15. The molecular formula is C15H21N3O. The molecule has 0 unspecified atom stereocenters. The topological polar surface area (TPSA) is 49.6 Å². The molecule has 0 bridgehead atoms. The maximum Gasteiger partial charge on any atom is 0.161 e. The Balaban J connectivity index is 1.69. The van der Waals surface area contributed by atoms with E-state index in [2.05, 4.69) is 9.80 Å². The van der Waals surface area contributed by atoms with Gasteiger partial charge in [0.2, 0.25) is 0 Å². The Morgan fingerprint density at radius 2 is 1.89 bits per heavy atom. The summed E-state index contributed by atoms with van der Waals surface area (Å²) < 4.78 is 0. The van der Waals surface area contributed by atoms with Gasteiger partial charge in [-0.2, -0.15) is 0 Å². The van der Waals surface area contributed by atoms with E-state index in [-0.39, 0.29) is 5.78 Å². The first-order valence-corrected chi connectivity index (χ1v) is 7.04. The summed E-state index contributed by atoms with van der Waals surface area (Å²) in [5, 5.41) is 0. The average Bonchev–Trinajstić information content (AvgIpc) is 3.22. The number of hydrogen-bond donors (Lipinski definition) is 1. The predicted octanol–water partition coefficient (Wildman–Crippen LogP) is 1.76. The van der Waals surface area contributed by atoms with Crippen LogP contribution in [0.15, 0.2) is 18.2 Å². The van der Waals surface area contributed by atoms with Gasteiger partial charge in [0, 0.05) is 49.2 Å². The van der Waals surface area contributed by atoms with Gasteiger partial charge in [-0.1, -0.05) is 0 Å². The third-order valence-corrected chi connectivity index (χ3v) is 4.16. The second-order valence-corrected chi connectivity index (χ2v) is 5.58. The predicted molar refractivity (Wildman–Crippen MR) is 77.7 cm³/mol. The van der Waals surface area contributed by atoms with Crippen LogP contribution in [-0.4, -0.2) is 42.9 Å². The van der Waals surface area contributed by atoms with Crippen molar-refractivity contribution in [1.82, 2.24) is 4.90 Å². The quantitative estimate of drug-likeness (QED) is 0.664. The van der Waals surface area contributed by atoms with Crippen LogP contribution in [-0.2, 0) is 0 Å². The highest BCUT2D eigenvalue weighted by atomic mass is 16.1. The highest BCUT2D eigenvalue weighted by Crippen LogP contribution is 2.29. The van der Waals surface area contributed by atoms with Crippen LogP contribution in [0.2, 0.25) is 0 Å². The Labute approximate surface area is 114 Å². The molecule has 1 aromatic rings. The molecule has 1 saturated heterocycles. The minimum Gasteiger partial charge on any atom is -0.398 e. The number of nitrogens with zero attached hydrogens (tertiary/aromatic N) is 2. The Morgan fingerprint density at radius 1 is 1.21 bits per heavy atom. The van der Waals surface area contributed by atoms with Gasteiger partial charge in [0.1, 0.15) is 0 Å². The molecular weight excluding hydrogens is 238 g/mol. The van der Waals surface area contributed by atoms with Gasteiger partial charge in [-0.15, -0.1) is 0 Å². The van der Waals surface area contributed by atoms with Gasteiger partial charge < -0.3 is 10.6 Å². The molecule has 1 aliphatic heterocycles. The summed E-state index contributed by atoms with van der Waals surface area (Å²) >= 11 is 0. The van der Waals surface area contributed by atoms with E-state index in [4.69, 9.17) is 5.73 Å². The Kier molecular flexibility index (Phi) is 3.19. The standard InChI is InChI=1S/C15H21N3O/c1-11(19)14-5-4-13(10-15(14)16)18-8-6-17(7-9-18)12-2-3-12/h4-5,10,12H,2-3,6-9,16H2,1H3. The van der Waals surface area contributed by atoms with E-state index in [0.717, 1.165) is 37.9 Å². The molecule has 1 heterocycles. The summed E-state index contributed by atoms with van der Waals surface area (Å²) in [6, 6.07) is 6.65. The maximum absolute atomic E-state index is 11.4. The number of ketones is 1. The van der Waals surface area contributed by atoms with Crippen molar-refractivity contribution in [3.63, 3.8) is 0 Å². The third kappa shape index (κ3) is 2.59. The number of carbonyl (C=O) groups excluding carboxylic acids is 1. The molecule has 2 N–H and O–H groups in total. The van der Waals surface area contributed by atoms with Gasteiger partial charge in [-0.3, -0.25) is 9.69 Å². The van der Waals surface area contributed by atoms with E-state index in [0.29, 0.717) is 11.3 Å². The van der Waals surface area contributed by atoms with Gasteiger partial charge in [0.25, 0.3) is 0 Å². The molecule has 1 aliphatic carbocycles. The number of benzene rings is 1. The molecule has 0 atom stereocenters. The van der Waals surface area contributed by atoms with Crippen LogP contribution < -0.4 is 10.6 Å². The van der Waals surface area contributed by atoms with Gasteiger partial charge in [0.05, 0.1) is 0 Å². The minimum absolute atomic E-state index is 0.0302. The lowest BCUT2D eigenvalue weighted by molar-refractivity contribution is 0.101. The normalized spacial score (nSPS) is 20.6. The Morgan fingerprint density at radius 3 is 2.42 bits per heavy atom. The molecule has 1 aromatic carbocycles. The largest absolute Gasteiger partial charge is 0.398 e. The molecule has 4 nitrogen and oxygen atoms in total. The Hall–Kier alpha value is -1.55. The van der Waals surface area contributed by atoms with Gasteiger partial charge >= 0.3 is 0 Å². The zero-order chi connectivity index (χ0) is 13.4.